The van der Waals surface area contributed by atoms with Gasteiger partial charge in [-0.05, 0) is 44.4 Å². The summed E-state index contributed by atoms with van der Waals surface area (Å²) in [5.74, 6) is -1.59. The molecule has 0 aliphatic heterocycles. The topological polar surface area (TPSA) is 108 Å². The second-order valence-corrected chi connectivity index (χ2v) is 6.49. The summed E-state index contributed by atoms with van der Waals surface area (Å²) < 4.78 is 38.1. The minimum Gasteiger partial charge on any atom is -0.507 e. The maximum atomic E-state index is 12.7. The van der Waals surface area contributed by atoms with Crippen LogP contribution in [0.5, 0.6) is 5.75 Å². The molecule has 0 bridgehead atoms. The highest BCUT2D eigenvalue weighted by Gasteiger charge is 2.32. The fourth-order valence-electron chi connectivity index (χ4n) is 3.14. The van der Waals surface area contributed by atoms with E-state index >= 15 is 0 Å². The molecule has 2 unspecified atom stereocenters. The molecule has 27 heavy (non-hydrogen) atoms. The Balaban J connectivity index is 1.78. The summed E-state index contributed by atoms with van der Waals surface area (Å²) in [5.41, 5.74) is -0.328. The van der Waals surface area contributed by atoms with Crippen molar-refractivity contribution in [3.63, 3.8) is 0 Å². The molecule has 3 N–H and O–H groups in total. The Kier molecular flexibility index (Phi) is 4.90. The van der Waals surface area contributed by atoms with E-state index in [0.717, 1.165) is 12.1 Å². The van der Waals surface area contributed by atoms with Gasteiger partial charge in [-0.15, -0.1) is 10.2 Å². The Morgan fingerprint density at radius 1 is 1.26 bits per heavy atom. The number of carboxylic acid groups (broad SMARTS) is 1. The van der Waals surface area contributed by atoms with Crippen LogP contribution in [0.25, 0.3) is 11.3 Å². The molecule has 0 spiro atoms. The van der Waals surface area contributed by atoms with E-state index in [-0.39, 0.29) is 23.2 Å². The summed E-state index contributed by atoms with van der Waals surface area (Å²) in [6.45, 7) is 1.60. The zero-order valence-electron chi connectivity index (χ0n) is 14.3. The minimum atomic E-state index is -4.56. The molecule has 2 aromatic rings. The first kappa shape index (κ1) is 18.9. The zero-order chi connectivity index (χ0) is 19.8. The number of rotatable bonds is 4. The number of alkyl halides is 3. The monoisotopic (exact) mass is 382 g/mol. The lowest BCUT2D eigenvalue weighted by atomic mass is 10.1. The highest BCUT2D eigenvalue weighted by molar-refractivity contribution is 5.71. The molecule has 2 atom stereocenters. The second-order valence-electron chi connectivity index (χ2n) is 6.49. The lowest BCUT2D eigenvalue weighted by Crippen LogP contribution is -2.20. The standard InChI is InChI=1S/C17H17F3N4O3/c1-8-14(12-5-3-10(7-13(12)25)17(18,19)20)23-24-16(21-8)22-11-4-2-9(6-11)15(26)27/h3,5,7,9,11,25H,2,4,6H2,1H3,(H,26,27)(H,21,22,24). The van der Waals surface area contributed by atoms with Gasteiger partial charge in [0.1, 0.15) is 11.4 Å². The van der Waals surface area contributed by atoms with Crippen LogP contribution in [0.4, 0.5) is 19.1 Å². The van der Waals surface area contributed by atoms with Gasteiger partial charge in [0, 0.05) is 11.6 Å². The number of aryl methyl sites for hydroxylation is 1. The molecule has 1 heterocycles. The molecular weight excluding hydrogens is 365 g/mol. The van der Waals surface area contributed by atoms with Gasteiger partial charge in [-0.1, -0.05) is 0 Å². The molecule has 0 amide bonds. The van der Waals surface area contributed by atoms with Crippen molar-refractivity contribution in [2.75, 3.05) is 5.32 Å². The Morgan fingerprint density at radius 2 is 2.00 bits per heavy atom. The van der Waals surface area contributed by atoms with Gasteiger partial charge in [0.25, 0.3) is 0 Å². The maximum Gasteiger partial charge on any atom is 0.416 e. The molecular formula is C17H17F3N4O3. The fraction of sp³-hybridized carbons (Fsp3) is 0.412. The number of anilines is 1. The third kappa shape index (κ3) is 4.09. The Morgan fingerprint density at radius 3 is 2.56 bits per heavy atom. The van der Waals surface area contributed by atoms with Crippen molar-refractivity contribution in [2.45, 2.75) is 38.4 Å². The van der Waals surface area contributed by atoms with Crippen molar-refractivity contribution in [3.8, 4) is 17.0 Å². The van der Waals surface area contributed by atoms with Gasteiger partial charge in [0.15, 0.2) is 0 Å². The van der Waals surface area contributed by atoms with E-state index in [2.05, 4.69) is 20.5 Å². The number of phenols is 1. The lowest BCUT2D eigenvalue weighted by Gasteiger charge is -2.14. The van der Waals surface area contributed by atoms with E-state index in [1.165, 1.54) is 0 Å². The summed E-state index contributed by atoms with van der Waals surface area (Å²) in [5, 5.41) is 29.9. The van der Waals surface area contributed by atoms with Gasteiger partial charge < -0.3 is 15.5 Å². The van der Waals surface area contributed by atoms with Crippen molar-refractivity contribution >= 4 is 11.9 Å². The average molecular weight is 382 g/mol. The van der Waals surface area contributed by atoms with Crippen LogP contribution in [0.15, 0.2) is 18.2 Å². The van der Waals surface area contributed by atoms with Crippen molar-refractivity contribution < 1.29 is 28.2 Å². The van der Waals surface area contributed by atoms with E-state index < -0.39 is 29.4 Å². The average Bonchev–Trinajstić information content (AvgIpc) is 3.03. The van der Waals surface area contributed by atoms with Crippen LogP contribution >= 0.6 is 0 Å². The van der Waals surface area contributed by atoms with E-state index in [4.69, 9.17) is 5.11 Å². The quantitative estimate of drug-likeness (QED) is 0.745. The summed E-state index contributed by atoms with van der Waals surface area (Å²) >= 11 is 0. The smallest absolute Gasteiger partial charge is 0.416 e. The number of phenolic OH excluding ortho intramolecular Hbond substituents is 1. The third-order valence-electron chi connectivity index (χ3n) is 4.56. The highest BCUT2D eigenvalue weighted by atomic mass is 19.4. The Hall–Kier alpha value is -2.91. The van der Waals surface area contributed by atoms with E-state index in [0.29, 0.717) is 31.0 Å². The number of aromatic nitrogens is 3. The number of nitrogens with zero attached hydrogens (tertiary/aromatic N) is 3. The molecule has 144 valence electrons. The summed E-state index contributed by atoms with van der Waals surface area (Å²) in [4.78, 5) is 15.2. The largest absolute Gasteiger partial charge is 0.507 e. The van der Waals surface area contributed by atoms with Gasteiger partial charge in [0.2, 0.25) is 5.95 Å². The molecule has 0 saturated heterocycles. The number of aromatic hydroxyl groups is 1. The van der Waals surface area contributed by atoms with Gasteiger partial charge in [-0.25, -0.2) is 4.98 Å². The molecule has 1 aromatic heterocycles. The second kappa shape index (κ2) is 7.01. The van der Waals surface area contributed by atoms with Crippen molar-refractivity contribution in [2.24, 2.45) is 5.92 Å². The van der Waals surface area contributed by atoms with Crippen molar-refractivity contribution in [3.05, 3.63) is 29.5 Å². The van der Waals surface area contributed by atoms with Gasteiger partial charge in [-0.2, -0.15) is 13.2 Å². The number of benzene rings is 1. The van der Waals surface area contributed by atoms with Gasteiger partial charge in [-0.3, -0.25) is 4.79 Å². The molecule has 0 radical (unpaired) electrons. The van der Waals surface area contributed by atoms with E-state index in [1.807, 2.05) is 0 Å². The highest BCUT2D eigenvalue weighted by Crippen LogP contribution is 2.36. The van der Waals surface area contributed by atoms with Crippen LogP contribution in [0, 0.1) is 12.8 Å². The van der Waals surface area contributed by atoms with E-state index in [1.54, 1.807) is 6.92 Å². The summed E-state index contributed by atoms with van der Waals surface area (Å²) in [6, 6.07) is 2.52. The third-order valence-corrected chi connectivity index (χ3v) is 4.56. The predicted octanol–water partition coefficient (Wildman–Crippen LogP) is 3.24. The van der Waals surface area contributed by atoms with Crippen LogP contribution in [-0.4, -0.2) is 37.4 Å². The minimum absolute atomic E-state index is 0.0855. The molecule has 1 fully saturated rings. The van der Waals surface area contributed by atoms with Crippen LogP contribution in [0.1, 0.15) is 30.5 Å². The Labute approximate surface area is 152 Å². The molecule has 1 aliphatic rings. The van der Waals surface area contributed by atoms with Crippen molar-refractivity contribution in [1.82, 2.24) is 15.2 Å². The molecule has 3 rings (SSSR count). The summed E-state index contributed by atoms with van der Waals surface area (Å²) in [6.07, 6.45) is -2.87. The molecule has 1 saturated carbocycles. The van der Waals surface area contributed by atoms with Crippen LogP contribution in [0.3, 0.4) is 0 Å². The number of nitrogens with one attached hydrogen (secondary N) is 1. The number of aliphatic carboxylic acids is 1. The molecule has 1 aliphatic carbocycles. The fourth-order valence-corrected chi connectivity index (χ4v) is 3.14. The molecule has 10 heteroatoms. The van der Waals surface area contributed by atoms with Crippen molar-refractivity contribution in [1.29, 1.82) is 0 Å². The van der Waals surface area contributed by atoms with Crippen LogP contribution in [-0.2, 0) is 11.0 Å². The lowest BCUT2D eigenvalue weighted by molar-refractivity contribution is -0.141. The molecule has 7 nitrogen and oxygen atoms in total. The zero-order valence-corrected chi connectivity index (χ0v) is 14.3. The van der Waals surface area contributed by atoms with E-state index in [9.17, 15) is 23.1 Å². The number of hydrogen-bond donors (Lipinski definition) is 3. The van der Waals surface area contributed by atoms with Crippen LogP contribution in [0.2, 0.25) is 0 Å². The van der Waals surface area contributed by atoms with Crippen LogP contribution < -0.4 is 5.32 Å². The predicted molar refractivity (Wildman–Crippen MR) is 89.1 cm³/mol. The summed E-state index contributed by atoms with van der Waals surface area (Å²) in [7, 11) is 0. The van der Waals surface area contributed by atoms with Gasteiger partial charge in [0.05, 0.1) is 17.2 Å². The SMILES string of the molecule is Cc1nc(NC2CCC(C(=O)O)C2)nnc1-c1ccc(C(F)(F)F)cc1O. The number of halogens is 3. The normalized spacial score (nSPS) is 19.9. The first-order valence-corrected chi connectivity index (χ1v) is 8.26. The maximum absolute atomic E-state index is 12.7. The first-order valence-electron chi connectivity index (χ1n) is 8.26. The van der Waals surface area contributed by atoms with Gasteiger partial charge >= 0.3 is 12.1 Å². The number of carbonyl (C=O) groups is 1. The Bertz CT molecular complexity index is 873. The number of carboxylic acids is 1. The first-order chi connectivity index (χ1) is 12.6. The number of hydrogen-bond acceptors (Lipinski definition) is 6. The molecule has 1 aromatic carbocycles.